The summed E-state index contributed by atoms with van der Waals surface area (Å²) in [7, 11) is -0.955. The lowest BCUT2D eigenvalue weighted by Gasteiger charge is -2.30. The summed E-state index contributed by atoms with van der Waals surface area (Å²) >= 11 is 0. The van der Waals surface area contributed by atoms with Crippen LogP contribution in [0.2, 0.25) is 0 Å². The number of sulfone groups is 1. The molecule has 0 aliphatic carbocycles. The molecule has 2 N–H and O–H groups in total. The fourth-order valence-electron chi connectivity index (χ4n) is 2.10. The van der Waals surface area contributed by atoms with Crippen molar-refractivity contribution in [3.63, 3.8) is 0 Å². The van der Waals surface area contributed by atoms with Gasteiger partial charge in [0.2, 0.25) is 0 Å². The number of anilines is 1. The summed E-state index contributed by atoms with van der Waals surface area (Å²) < 4.78 is 22.3. The van der Waals surface area contributed by atoms with Gasteiger partial charge >= 0.3 is 0 Å². The first-order valence-corrected chi connectivity index (χ1v) is 8.38. The van der Waals surface area contributed by atoms with Gasteiger partial charge < -0.3 is 10.6 Å². The fourth-order valence-corrected chi connectivity index (χ4v) is 2.74. The van der Waals surface area contributed by atoms with Crippen LogP contribution >= 0.6 is 0 Å². The fraction of sp³-hybridized carbons (Fsp3) is 0.571. The smallest absolute Gasteiger partial charge is 0.148 e. The Kier molecular flexibility index (Phi) is 4.98. The van der Waals surface area contributed by atoms with Gasteiger partial charge in [0, 0.05) is 30.4 Å². The summed E-state index contributed by atoms with van der Waals surface area (Å²) in [6, 6.07) is 7.85. The average Bonchev–Trinajstić information content (AvgIpc) is 2.25. The van der Waals surface area contributed by atoms with E-state index in [0.29, 0.717) is 6.54 Å². The van der Waals surface area contributed by atoms with E-state index in [0.717, 1.165) is 12.2 Å². The third-order valence-electron chi connectivity index (χ3n) is 3.20. The first kappa shape index (κ1) is 16.0. The second-order valence-corrected chi connectivity index (χ2v) is 8.13. The van der Waals surface area contributed by atoms with Crippen LogP contribution in [0.25, 0.3) is 0 Å². The van der Waals surface area contributed by atoms with Crippen LogP contribution in [0.4, 0.5) is 5.69 Å². The highest BCUT2D eigenvalue weighted by Gasteiger charge is 2.22. The van der Waals surface area contributed by atoms with Crippen molar-refractivity contribution in [2.24, 2.45) is 0 Å². The number of rotatable bonds is 6. The molecule has 0 saturated heterocycles. The van der Waals surface area contributed by atoms with Crippen LogP contribution in [0, 0.1) is 0 Å². The van der Waals surface area contributed by atoms with Crippen molar-refractivity contribution in [3.8, 4) is 0 Å². The summed E-state index contributed by atoms with van der Waals surface area (Å²) in [6.07, 6.45) is 1.27. The highest BCUT2D eigenvalue weighted by Crippen LogP contribution is 2.24. The standard InChI is InChI=1S/C14H24N2O2S/c1-14(2,12-5-7-13(15)8-6-12)11-16(3)9-10-19(4,17)18/h5-8H,9-11,15H2,1-4H3. The van der Waals surface area contributed by atoms with Gasteiger partial charge in [-0.25, -0.2) is 8.42 Å². The van der Waals surface area contributed by atoms with E-state index in [-0.39, 0.29) is 11.2 Å². The molecule has 19 heavy (non-hydrogen) atoms. The molecule has 4 nitrogen and oxygen atoms in total. The lowest BCUT2D eigenvalue weighted by molar-refractivity contribution is 0.280. The Balaban J connectivity index is 2.66. The molecule has 0 unspecified atom stereocenters. The van der Waals surface area contributed by atoms with Crippen molar-refractivity contribution in [1.82, 2.24) is 4.90 Å². The molecule has 0 heterocycles. The Labute approximate surface area is 116 Å². The average molecular weight is 284 g/mol. The number of nitrogen functional groups attached to an aromatic ring is 1. The van der Waals surface area contributed by atoms with Crippen LogP contribution in [0.1, 0.15) is 19.4 Å². The highest BCUT2D eigenvalue weighted by atomic mass is 32.2. The molecular formula is C14H24N2O2S. The zero-order valence-corrected chi connectivity index (χ0v) is 13.0. The second kappa shape index (κ2) is 5.92. The Bertz CT molecular complexity index is 507. The monoisotopic (exact) mass is 284 g/mol. The number of benzene rings is 1. The van der Waals surface area contributed by atoms with Gasteiger partial charge in [-0.1, -0.05) is 26.0 Å². The Hall–Kier alpha value is -1.07. The minimum atomic E-state index is -2.90. The lowest BCUT2D eigenvalue weighted by Crippen LogP contribution is -2.36. The third-order valence-corrected chi connectivity index (χ3v) is 4.13. The molecule has 0 amide bonds. The number of nitrogens with zero attached hydrogens (tertiary/aromatic N) is 1. The molecule has 0 bridgehead atoms. The van der Waals surface area contributed by atoms with Gasteiger partial charge in [-0.3, -0.25) is 0 Å². The van der Waals surface area contributed by atoms with Crippen molar-refractivity contribution < 1.29 is 8.42 Å². The van der Waals surface area contributed by atoms with Crippen molar-refractivity contribution in [3.05, 3.63) is 29.8 Å². The predicted molar refractivity (Wildman–Crippen MR) is 81.1 cm³/mol. The van der Waals surface area contributed by atoms with Crippen LogP contribution in [0.3, 0.4) is 0 Å². The van der Waals surface area contributed by atoms with Gasteiger partial charge in [0.1, 0.15) is 9.84 Å². The Morgan fingerprint density at radius 2 is 1.74 bits per heavy atom. The molecule has 0 fully saturated rings. The number of hydrogen-bond acceptors (Lipinski definition) is 4. The molecule has 0 aliphatic heterocycles. The van der Waals surface area contributed by atoms with Crippen LogP contribution in [-0.2, 0) is 15.3 Å². The van der Waals surface area contributed by atoms with Crippen LogP contribution in [-0.4, -0.2) is 45.5 Å². The maximum Gasteiger partial charge on any atom is 0.148 e. The molecular weight excluding hydrogens is 260 g/mol. The van der Waals surface area contributed by atoms with Crippen molar-refractivity contribution >= 4 is 15.5 Å². The molecule has 0 saturated carbocycles. The third kappa shape index (κ3) is 5.61. The molecule has 1 aromatic rings. The topological polar surface area (TPSA) is 63.4 Å². The van der Waals surface area contributed by atoms with Gasteiger partial charge in [-0.2, -0.15) is 0 Å². The van der Waals surface area contributed by atoms with Gasteiger partial charge in [0.05, 0.1) is 5.75 Å². The first-order valence-electron chi connectivity index (χ1n) is 6.32. The maximum atomic E-state index is 11.2. The van der Waals surface area contributed by atoms with Gasteiger partial charge in [-0.05, 0) is 24.7 Å². The SMILES string of the molecule is CN(CCS(C)(=O)=O)CC(C)(C)c1ccc(N)cc1. The summed E-state index contributed by atoms with van der Waals surface area (Å²) in [5, 5.41) is 0. The van der Waals surface area contributed by atoms with E-state index in [1.54, 1.807) is 0 Å². The second-order valence-electron chi connectivity index (χ2n) is 5.87. The lowest BCUT2D eigenvalue weighted by atomic mass is 9.84. The largest absolute Gasteiger partial charge is 0.399 e. The van der Waals surface area contributed by atoms with Crippen molar-refractivity contribution in [2.75, 3.05) is 37.9 Å². The van der Waals surface area contributed by atoms with Crippen molar-refractivity contribution in [1.29, 1.82) is 0 Å². The highest BCUT2D eigenvalue weighted by molar-refractivity contribution is 7.90. The van der Waals surface area contributed by atoms with Gasteiger partial charge in [0.25, 0.3) is 0 Å². The van der Waals surface area contributed by atoms with Gasteiger partial charge in [-0.15, -0.1) is 0 Å². The van der Waals surface area contributed by atoms with Gasteiger partial charge in [0.15, 0.2) is 0 Å². The first-order chi connectivity index (χ1) is 8.60. The Morgan fingerprint density at radius 1 is 1.21 bits per heavy atom. The Morgan fingerprint density at radius 3 is 2.21 bits per heavy atom. The quantitative estimate of drug-likeness (QED) is 0.805. The van der Waals surface area contributed by atoms with Crippen molar-refractivity contribution in [2.45, 2.75) is 19.3 Å². The van der Waals surface area contributed by atoms with E-state index in [9.17, 15) is 8.42 Å². The molecule has 0 radical (unpaired) electrons. The summed E-state index contributed by atoms with van der Waals surface area (Å²) in [5.41, 5.74) is 7.60. The number of likely N-dealkylation sites (N-methyl/N-ethyl adjacent to an activating group) is 1. The molecule has 0 spiro atoms. The van der Waals surface area contributed by atoms with E-state index < -0.39 is 9.84 Å². The van der Waals surface area contributed by atoms with Crippen LogP contribution in [0.15, 0.2) is 24.3 Å². The summed E-state index contributed by atoms with van der Waals surface area (Å²) in [6.45, 7) is 5.65. The van der Waals surface area contributed by atoms with E-state index >= 15 is 0 Å². The van der Waals surface area contributed by atoms with E-state index in [1.165, 1.54) is 11.8 Å². The molecule has 0 aromatic heterocycles. The summed E-state index contributed by atoms with van der Waals surface area (Å²) in [4.78, 5) is 2.05. The molecule has 0 atom stereocenters. The summed E-state index contributed by atoms with van der Waals surface area (Å²) in [5.74, 6) is 0.196. The molecule has 1 aromatic carbocycles. The molecule has 0 aliphatic rings. The number of hydrogen-bond donors (Lipinski definition) is 1. The normalized spacial score (nSPS) is 12.9. The zero-order chi connectivity index (χ0) is 14.7. The zero-order valence-electron chi connectivity index (χ0n) is 12.2. The maximum absolute atomic E-state index is 11.2. The molecule has 108 valence electrons. The van der Waals surface area contributed by atoms with E-state index in [4.69, 9.17) is 5.73 Å². The van der Waals surface area contributed by atoms with E-state index in [1.807, 2.05) is 31.3 Å². The minimum absolute atomic E-state index is 0.0417. The number of nitrogens with two attached hydrogens (primary N) is 1. The van der Waals surface area contributed by atoms with Crippen LogP contribution < -0.4 is 5.73 Å². The molecule has 5 heteroatoms. The van der Waals surface area contributed by atoms with Crippen LogP contribution in [0.5, 0.6) is 0 Å². The minimum Gasteiger partial charge on any atom is -0.399 e. The van der Waals surface area contributed by atoms with E-state index in [2.05, 4.69) is 18.7 Å². The molecule has 1 rings (SSSR count). The predicted octanol–water partition coefficient (Wildman–Crippen LogP) is 1.52.